The summed E-state index contributed by atoms with van der Waals surface area (Å²) in [6.45, 7) is 5.30. The zero-order chi connectivity index (χ0) is 17.5. The van der Waals surface area contributed by atoms with Gasteiger partial charge in [-0.2, -0.15) is 0 Å². The number of carbonyl (C=O) groups excluding carboxylic acids is 2. The summed E-state index contributed by atoms with van der Waals surface area (Å²) >= 11 is 0. The van der Waals surface area contributed by atoms with Crippen LogP contribution < -0.4 is 5.32 Å². The number of rotatable bonds is 6. The van der Waals surface area contributed by atoms with Crippen LogP contribution in [0.5, 0.6) is 0 Å². The summed E-state index contributed by atoms with van der Waals surface area (Å²) in [6.07, 6.45) is 2.82. The lowest BCUT2D eigenvalue weighted by molar-refractivity contribution is -0.135. The Labute approximate surface area is 142 Å². The maximum absolute atomic E-state index is 13.7. The van der Waals surface area contributed by atoms with E-state index in [1.54, 1.807) is 28.0 Å². The van der Waals surface area contributed by atoms with Crippen LogP contribution in [0.4, 0.5) is 9.18 Å². The summed E-state index contributed by atoms with van der Waals surface area (Å²) < 4.78 is 13.7. The Bertz CT molecular complexity index is 579. The second-order valence-corrected chi connectivity index (χ2v) is 6.17. The van der Waals surface area contributed by atoms with E-state index in [1.165, 1.54) is 6.07 Å². The molecular formula is C18H26FN3O2. The highest BCUT2D eigenvalue weighted by Crippen LogP contribution is 2.13. The largest absolute Gasteiger partial charge is 0.335 e. The Morgan fingerprint density at radius 1 is 1.29 bits per heavy atom. The molecule has 1 heterocycles. The van der Waals surface area contributed by atoms with Gasteiger partial charge in [0.05, 0.1) is 0 Å². The Kier molecular flexibility index (Phi) is 6.58. The van der Waals surface area contributed by atoms with Crippen molar-refractivity contribution in [3.05, 3.63) is 35.6 Å². The zero-order valence-electron chi connectivity index (χ0n) is 14.4. The van der Waals surface area contributed by atoms with E-state index in [-0.39, 0.29) is 36.9 Å². The lowest BCUT2D eigenvalue weighted by Crippen LogP contribution is -2.55. The predicted molar refractivity (Wildman–Crippen MR) is 90.9 cm³/mol. The fourth-order valence-corrected chi connectivity index (χ4v) is 2.87. The minimum atomic E-state index is -0.309. The standard InChI is InChI=1S/C18H26FN3O2/c1-3-7-15(4-2)20-18(24)22-11-10-21(17(23)13-22)12-14-8-5-6-9-16(14)19/h5-6,8-9,15H,3-4,7,10-13H2,1-2H3,(H,20,24). The fourth-order valence-electron chi connectivity index (χ4n) is 2.87. The maximum atomic E-state index is 13.7. The number of amides is 3. The van der Waals surface area contributed by atoms with E-state index in [1.807, 2.05) is 6.92 Å². The average Bonchev–Trinajstić information content (AvgIpc) is 2.58. The molecule has 2 rings (SSSR count). The highest BCUT2D eigenvalue weighted by molar-refractivity contribution is 5.85. The molecule has 6 heteroatoms. The van der Waals surface area contributed by atoms with E-state index >= 15 is 0 Å². The molecule has 1 aliphatic heterocycles. The normalized spacial score (nSPS) is 16.2. The topological polar surface area (TPSA) is 52.7 Å². The van der Waals surface area contributed by atoms with E-state index in [2.05, 4.69) is 12.2 Å². The van der Waals surface area contributed by atoms with E-state index in [0.29, 0.717) is 18.7 Å². The molecule has 0 aromatic heterocycles. The molecule has 1 unspecified atom stereocenters. The fraction of sp³-hybridized carbons (Fsp3) is 0.556. The molecule has 1 N–H and O–H groups in total. The summed E-state index contributed by atoms with van der Waals surface area (Å²) in [6, 6.07) is 6.41. The number of piperazine rings is 1. The number of halogens is 1. The molecule has 1 aliphatic rings. The molecule has 1 atom stereocenters. The molecule has 0 radical (unpaired) electrons. The number of benzene rings is 1. The van der Waals surface area contributed by atoms with Crippen LogP contribution in [-0.2, 0) is 11.3 Å². The second kappa shape index (κ2) is 8.66. The van der Waals surface area contributed by atoms with Crippen LogP contribution in [0, 0.1) is 5.82 Å². The number of hydrogen-bond acceptors (Lipinski definition) is 2. The molecule has 1 aromatic rings. The summed E-state index contributed by atoms with van der Waals surface area (Å²) in [7, 11) is 0. The molecule has 0 spiro atoms. The van der Waals surface area contributed by atoms with Crippen LogP contribution in [0.1, 0.15) is 38.7 Å². The van der Waals surface area contributed by atoms with Crippen LogP contribution in [0.15, 0.2) is 24.3 Å². The molecule has 3 amide bonds. The van der Waals surface area contributed by atoms with Crippen molar-refractivity contribution < 1.29 is 14.0 Å². The van der Waals surface area contributed by atoms with Crippen molar-refractivity contribution in [2.75, 3.05) is 19.6 Å². The second-order valence-electron chi connectivity index (χ2n) is 6.17. The van der Waals surface area contributed by atoms with Gasteiger partial charge in [-0.1, -0.05) is 38.5 Å². The van der Waals surface area contributed by atoms with Gasteiger partial charge in [-0.05, 0) is 18.9 Å². The first kappa shape index (κ1) is 18.2. The first-order valence-electron chi connectivity index (χ1n) is 8.61. The summed E-state index contributed by atoms with van der Waals surface area (Å²) in [5.41, 5.74) is 0.498. The molecule has 1 saturated heterocycles. The molecule has 132 valence electrons. The highest BCUT2D eigenvalue weighted by Gasteiger charge is 2.28. The van der Waals surface area contributed by atoms with Crippen molar-refractivity contribution in [2.24, 2.45) is 0 Å². The van der Waals surface area contributed by atoms with Gasteiger partial charge in [-0.15, -0.1) is 0 Å². The molecule has 0 saturated carbocycles. The summed E-state index contributed by atoms with van der Waals surface area (Å²) in [4.78, 5) is 27.7. The van der Waals surface area contributed by atoms with Gasteiger partial charge in [-0.25, -0.2) is 9.18 Å². The van der Waals surface area contributed by atoms with Gasteiger partial charge < -0.3 is 15.1 Å². The summed E-state index contributed by atoms with van der Waals surface area (Å²) in [5.74, 6) is -0.459. The van der Waals surface area contributed by atoms with Gasteiger partial charge in [-0.3, -0.25) is 4.79 Å². The van der Waals surface area contributed by atoms with E-state index in [4.69, 9.17) is 0 Å². The van der Waals surface area contributed by atoms with E-state index in [0.717, 1.165) is 19.3 Å². The number of urea groups is 1. The van der Waals surface area contributed by atoms with Crippen LogP contribution in [0.2, 0.25) is 0 Å². The third kappa shape index (κ3) is 4.69. The third-order valence-corrected chi connectivity index (χ3v) is 4.38. The Balaban J connectivity index is 1.89. The van der Waals surface area contributed by atoms with Crippen molar-refractivity contribution in [3.63, 3.8) is 0 Å². The summed E-state index contributed by atoms with van der Waals surface area (Å²) in [5, 5.41) is 2.99. The third-order valence-electron chi connectivity index (χ3n) is 4.38. The quantitative estimate of drug-likeness (QED) is 0.869. The lowest BCUT2D eigenvalue weighted by atomic mass is 10.1. The van der Waals surface area contributed by atoms with Crippen LogP contribution in [0.25, 0.3) is 0 Å². The van der Waals surface area contributed by atoms with Crippen LogP contribution >= 0.6 is 0 Å². The molecule has 0 bridgehead atoms. The minimum Gasteiger partial charge on any atom is -0.335 e. The van der Waals surface area contributed by atoms with Crippen molar-refractivity contribution in [1.82, 2.24) is 15.1 Å². The first-order valence-corrected chi connectivity index (χ1v) is 8.61. The monoisotopic (exact) mass is 335 g/mol. The van der Waals surface area contributed by atoms with E-state index < -0.39 is 0 Å². The number of hydrogen-bond donors (Lipinski definition) is 1. The van der Waals surface area contributed by atoms with Crippen molar-refractivity contribution in [2.45, 2.75) is 45.7 Å². The average molecular weight is 335 g/mol. The molecular weight excluding hydrogens is 309 g/mol. The van der Waals surface area contributed by atoms with Crippen molar-refractivity contribution >= 4 is 11.9 Å². The Morgan fingerprint density at radius 3 is 2.67 bits per heavy atom. The first-order chi connectivity index (χ1) is 11.5. The lowest BCUT2D eigenvalue weighted by Gasteiger charge is -2.35. The minimum absolute atomic E-state index is 0.0445. The van der Waals surface area contributed by atoms with E-state index in [9.17, 15) is 14.0 Å². The molecule has 1 fully saturated rings. The van der Waals surface area contributed by atoms with Crippen molar-refractivity contribution in [1.29, 1.82) is 0 Å². The SMILES string of the molecule is CCCC(CC)NC(=O)N1CCN(Cc2ccccc2F)C(=O)C1. The van der Waals surface area contributed by atoms with Gasteiger partial charge in [0.15, 0.2) is 0 Å². The van der Waals surface area contributed by atoms with Crippen LogP contribution in [0.3, 0.4) is 0 Å². The molecule has 0 aliphatic carbocycles. The molecule has 1 aromatic carbocycles. The highest BCUT2D eigenvalue weighted by atomic mass is 19.1. The Morgan fingerprint density at radius 2 is 2.04 bits per heavy atom. The number of carbonyl (C=O) groups is 2. The molecule has 5 nitrogen and oxygen atoms in total. The van der Waals surface area contributed by atoms with Crippen LogP contribution in [-0.4, -0.2) is 47.4 Å². The maximum Gasteiger partial charge on any atom is 0.318 e. The number of nitrogens with one attached hydrogen (secondary N) is 1. The van der Waals surface area contributed by atoms with Gasteiger partial charge in [0.1, 0.15) is 12.4 Å². The van der Waals surface area contributed by atoms with Gasteiger partial charge >= 0.3 is 6.03 Å². The van der Waals surface area contributed by atoms with Gasteiger partial charge in [0.2, 0.25) is 5.91 Å². The Hall–Kier alpha value is -2.11. The van der Waals surface area contributed by atoms with Crippen molar-refractivity contribution in [3.8, 4) is 0 Å². The predicted octanol–water partition coefficient (Wildman–Crippen LogP) is 2.76. The van der Waals surface area contributed by atoms with Gasteiger partial charge in [0.25, 0.3) is 0 Å². The smallest absolute Gasteiger partial charge is 0.318 e. The molecule has 24 heavy (non-hydrogen) atoms. The van der Waals surface area contributed by atoms with Gasteiger partial charge in [0, 0.05) is 31.2 Å². The number of nitrogens with zero attached hydrogens (tertiary/aromatic N) is 2. The zero-order valence-corrected chi connectivity index (χ0v) is 14.4.